The van der Waals surface area contributed by atoms with Gasteiger partial charge in [-0.3, -0.25) is 0 Å². The number of likely N-dealkylation sites (N-methyl/N-ethyl adjacent to an activating group) is 1. The second-order valence-electron chi connectivity index (χ2n) is 3.69. The molecule has 0 amide bonds. The molecule has 0 saturated heterocycles. The van der Waals surface area contributed by atoms with Crippen LogP contribution in [0, 0.1) is 0 Å². The third kappa shape index (κ3) is 4.00. The molecule has 0 aromatic heterocycles. The van der Waals surface area contributed by atoms with Crippen molar-refractivity contribution in [2.45, 2.75) is 19.6 Å². The highest BCUT2D eigenvalue weighted by Crippen LogP contribution is 2.33. The largest absolute Gasteiger partial charge is 0.493 e. The molecule has 5 heteroatoms. The van der Waals surface area contributed by atoms with Crippen molar-refractivity contribution >= 4 is 6.08 Å². The van der Waals surface area contributed by atoms with E-state index >= 15 is 0 Å². The lowest BCUT2D eigenvalue weighted by atomic mass is 10.1. The van der Waals surface area contributed by atoms with E-state index < -0.39 is 6.61 Å². The standard InChI is InChI=1S/C13H17F2NO2/c1-9(16-2)7-8-10-5-4-6-11(17-3)12(10)18-13(14)15/h4-9,13,16H,1-3H3/b8-7+. The van der Waals surface area contributed by atoms with E-state index in [-0.39, 0.29) is 17.5 Å². The fourth-order valence-corrected chi connectivity index (χ4v) is 1.38. The summed E-state index contributed by atoms with van der Waals surface area (Å²) in [5.74, 6) is 0.337. The summed E-state index contributed by atoms with van der Waals surface area (Å²) in [4.78, 5) is 0. The fraction of sp³-hybridized carbons (Fsp3) is 0.385. The Labute approximate surface area is 105 Å². The predicted octanol–water partition coefficient (Wildman–Crippen LogP) is 2.92. The number of hydrogen-bond donors (Lipinski definition) is 1. The molecule has 100 valence electrons. The molecule has 0 heterocycles. The van der Waals surface area contributed by atoms with Gasteiger partial charge in [0.2, 0.25) is 0 Å². The lowest BCUT2D eigenvalue weighted by Crippen LogP contribution is -2.17. The minimum Gasteiger partial charge on any atom is -0.493 e. The number of nitrogens with one attached hydrogen (secondary N) is 1. The number of halogens is 2. The molecule has 0 aliphatic rings. The number of rotatable bonds is 6. The summed E-state index contributed by atoms with van der Waals surface area (Å²) in [7, 11) is 3.23. The predicted molar refractivity (Wildman–Crippen MR) is 67.2 cm³/mol. The molecule has 0 spiro atoms. The number of ether oxygens (including phenoxy) is 2. The SMILES string of the molecule is CNC(C)/C=C/c1cccc(OC)c1OC(F)F. The first-order chi connectivity index (χ1) is 8.58. The van der Waals surface area contributed by atoms with E-state index in [0.29, 0.717) is 5.56 Å². The smallest absolute Gasteiger partial charge is 0.387 e. The third-order valence-corrected chi connectivity index (χ3v) is 2.46. The van der Waals surface area contributed by atoms with Gasteiger partial charge in [0, 0.05) is 11.6 Å². The summed E-state index contributed by atoms with van der Waals surface area (Å²) in [6.45, 7) is -0.931. The Hall–Kier alpha value is -1.62. The van der Waals surface area contributed by atoms with Crippen LogP contribution in [0.25, 0.3) is 6.08 Å². The van der Waals surface area contributed by atoms with Gasteiger partial charge >= 0.3 is 6.61 Å². The lowest BCUT2D eigenvalue weighted by molar-refractivity contribution is -0.0513. The summed E-state index contributed by atoms with van der Waals surface area (Å²) in [6, 6.07) is 5.13. The highest BCUT2D eigenvalue weighted by atomic mass is 19.3. The molecule has 3 nitrogen and oxygen atoms in total. The molecule has 1 N–H and O–H groups in total. The van der Waals surface area contributed by atoms with Gasteiger partial charge in [0.05, 0.1) is 7.11 Å². The summed E-state index contributed by atoms with van der Waals surface area (Å²) in [5.41, 5.74) is 0.553. The molecular formula is C13H17F2NO2. The van der Waals surface area contributed by atoms with Crippen LogP contribution in [0.2, 0.25) is 0 Å². The first kappa shape index (κ1) is 14.4. The Kier molecular flexibility index (Phi) is 5.58. The third-order valence-electron chi connectivity index (χ3n) is 2.46. The maximum Gasteiger partial charge on any atom is 0.387 e. The fourth-order valence-electron chi connectivity index (χ4n) is 1.38. The van der Waals surface area contributed by atoms with Crippen LogP contribution in [0.3, 0.4) is 0 Å². The Morgan fingerprint density at radius 1 is 1.33 bits per heavy atom. The highest BCUT2D eigenvalue weighted by Gasteiger charge is 2.13. The molecular weight excluding hydrogens is 240 g/mol. The van der Waals surface area contributed by atoms with Gasteiger partial charge < -0.3 is 14.8 Å². The number of hydrogen-bond acceptors (Lipinski definition) is 3. The summed E-state index contributed by atoms with van der Waals surface area (Å²) in [6.07, 6.45) is 3.58. The molecule has 0 aliphatic heterocycles. The van der Waals surface area contributed by atoms with Crippen molar-refractivity contribution in [3.63, 3.8) is 0 Å². The van der Waals surface area contributed by atoms with Crippen molar-refractivity contribution < 1.29 is 18.3 Å². The van der Waals surface area contributed by atoms with Gasteiger partial charge in [0.15, 0.2) is 11.5 Å². The van der Waals surface area contributed by atoms with Gasteiger partial charge in [-0.2, -0.15) is 8.78 Å². The molecule has 1 atom stereocenters. The van der Waals surface area contributed by atoms with E-state index in [4.69, 9.17) is 4.74 Å². The minimum atomic E-state index is -2.88. The van der Waals surface area contributed by atoms with E-state index in [1.807, 2.05) is 20.0 Å². The number of para-hydroxylation sites is 1. The molecule has 1 aromatic rings. The van der Waals surface area contributed by atoms with E-state index in [0.717, 1.165) is 0 Å². The van der Waals surface area contributed by atoms with Crippen molar-refractivity contribution in [2.75, 3.05) is 14.2 Å². The molecule has 0 aliphatic carbocycles. The minimum absolute atomic E-state index is 0.0505. The normalized spacial score (nSPS) is 13.0. The number of methoxy groups -OCH3 is 1. The van der Waals surface area contributed by atoms with Gasteiger partial charge in [0.25, 0.3) is 0 Å². The van der Waals surface area contributed by atoms with Gasteiger partial charge in [0.1, 0.15) is 0 Å². The van der Waals surface area contributed by atoms with Crippen LogP contribution in [-0.2, 0) is 0 Å². The topological polar surface area (TPSA) is 30.5 Å². The van der Waals surface area contributed by atoms with E-state index in [1.165, 1.54) is 7.11 Å². The first-order valence-electron chi connectivity index (χ1n) is 5.55. The lowest BCUT2D eigenvalue weighted by Gasteiger charge is -2.12. The summed E-state index contributed by atoms with van der Waals surface area (Å²) < 4.78 is 34.3. The molecule has 0 bridgehead atoms. The molecule has 0 radical (unpaired) electrons. The van der Waals surface area contributed by atoms with Crippen LogP contribution < -0.4 is 14.8 Å². The van der Waals surface area contributed by atoms with Crippen molar-refractivity contribution in [3.8, 4) is 11.5 Å². The molecule has 18 heavy (non-hydrogen) atoms. The molecule has 1 aromatic carbocycles. The monoisotopic (exact) mass is 257 g/mol. The van der Waals surface area contributed by atoms with E-state index in [2.05, 4.69) is 10.1 Å². The Bertz CT molecular complexity index is 408. The van der Waals surface area contributed by atoms with Crippen molar-refractivity contribution in [3.05, 3.63) is 29.8 Å². The van der Waals surface area contributed by atoms with Gasteiger partial charge in [-0.15, -0.1) is 0 Å². The maximum absolute atomic E-state index is 12.4. The van der Waals surface area contributed by atoms with Gasteiger partial charge in [-0.05, 0) is 20.0 Å². The molecule has 0 saturated carbocycles. The quantitative estimate of drug-likeness (QED) is 0.850. The zero-order chi connectivity index (χ0) is 13.5. The second kappa shape index (κ2) is 6.96. The molecule has 1 unspecified atom stereocenters. The summed E-state index contributed by atoms with van der Waals surface area (Å²) >= 11 is 0. The van der Waals surface area contributed by atoms with Crippen LogP contribution in [0.4, 0.5) is 8.78 Å². The van der Waals surface area contributed by atoms with Crippen LogP contribution in [-0.4, -0.2) is 26.8 Å². The zero-order valence-electron chi connectivity index (χ0n) is 10.6. The van der Waals surface area contributed by atoms with Crippen molar-refractivity contribution in [2.24, 2.45) is 0 Å². The van der Waals surface area contributed by atoms with Crippen LogP contribution >= 0.6 is 0 Å². The van der Waals surface area contributed by atoms with Crippen LogP contribution in [0.5, 0.6) is 11.5 Å². The number of alkyl halides is 2. The van der Waals surface area contributed by atoms with E-state index in [1.54, 1.807) is 24.3 Å². The van der Waals surface area contributed by atoms with Crippen molar-refractivity contribution in [1.82, 2.24) is 5.32 Å². The average Bonchev–Trinajstić information content (AvgIpc) is 2.36. The van der Waals surface area contributed by atoms with Gasteiger partial charge in [-0.1, -0.05) is 24.3 Å². The second-order valence-corrected chi connectivity index (χ2v) is 3.69. The Balaban J connectivity index is 3.05. The maximum atomic E-state index is 12.4. The van der Waals surface area contributed by atoms with Crippen LogP contribution in [0.15, 0.2) is 24.3 Å². The summed E-state index contributed by atoms with van der Waals surface area (Å²) in [5, 5.41) is 3.02. The van der Waals surface area contributed by atoms with E-state index in [9.17, 15) is 8.78 Å². The molecule has 1 rings (SSSR count). The molecule has 0 fully saturated rings. The zero-order valence-corrected chi connectivity index (χ0v) is 10.6. The van der Waals surface area contributed by atoms with Crippen LogP contribution in [0.1, 0.15) is 12.5 Å². The van der Waals surface area contributed by atoms with Crippen molar-refractivity contribution in [1.29, 1.82) is 0 Å². The van der Waals surface area contributed by atoms with Gasteiger partial charge in [-0.25, -0.2) is 0 Å². The highest BCUT2D eigenvalue weighted by molar-refractivity contribution is 5.62. The average molecular weight is 257 g/mol. The Morgan fingerprint density at radius 3 is 2.61 bits per heavy atom. The number of benzene rings is 1. The first-order valence-corrected chi connectivity index (χ1v) is 5.55. The Morgan fingerprint density at radius 2 is 2.06 bits per heavy atom.